The first-order valence-corrected chi connectivity index (χ1v) is 14.0. The molecule has 1 aromatic rings. The van der Waals surface area contributed by atoms with Gasteiger partial charge in [-0.25, -0.2) is 4.98 Å². The van der Waals surface area contributed by atoms with Crippen LogP contribution in [-0.4, -0.2) is 60.4 Å². The number of pyridine rings is 1. The lowest BCUT2D eigenvalue weighted by Crippen LogP contribution is -2.47. The number of hydrogen-bond acceptors (Lipinski definition) is 5. The molecule has 0 amide bonds. The van der Waals surface area contributed by atoms with Crippen LogP contribution in [0.4, 0.5) is 5.82 Å². The number of anilines is 1. The summed E-state index contributed by atoms with van der Waals surface area (Å²) in [4.78, 5) is 10.2. The number of aromatic nitrogens is 1. The van der Waals surface area contributed by atoms with Crippen LogP contribution in [-0.2, 0) is 0 Å². The number of unbranched alkanes of at least 4 members (excludes halogenated alkanes) is 1. The third-order valence-electron chi connectivity index (χ3n) is 8.85. The predicted octanol–water partition coefficient (Wildman–Crippen LogP) is 5.40. The number of rotatable bonds is 9. The van der Waals surface area contributed by atoms with Gasteiger partial charge in [0.05, 0.1) is 5.69 Å². The molecule has 0 radical (unpaired) electrons. The smallest absolute Gasteiger partial charge is 0.129 e. The van der Waals surface area contributed by atoms with E-state index >= 15 is 0 Å². The fraction of sp³-hybridized carbons (Fsp3) is 0.700. The standard InChI is InChI=1S/C30H48N4O/c1-29(2)14-15-30(3,4)26-22-23(10-11-25(26)29)27-8-7-9-28(32-27)34-18-12-24(13-19-34)33(20-16-31)17-5-6-21-35/h7-9,22,24,35H,5-6,10-21,31H2,1-4H3. The monoisotopic (exact) mass is 480 g/mol. The highest BCUT2D eigenvalue weighted by atomic mass is 16.2. The molecule has 0 spiro atoms. The van der Waals surface area contributed by atoms with Crippen molar-refractivity contribution in [2.75, 3.05) is 44.2 Å². The number of aliphatic hydroxyl groups excluding tert-OH is 1. The zero-order valence-corrected chi connectivity index (χ0v) is 22.7. The van der Waals surface area contributed by atoms with Crippen LogP contribution < -0.4 is 10.6 Å². The lowest BCUT2D eigenvalue weighted by Gasteiger charge is -2.45. The van der Waals surface area contributed by atoms with Gasteiger partial charge in [-0.2, -0.15) is 0 Å². The number of nitrogens with two attached hydrogens (primary N) is 1. The molecule has 5 heteroatoms. The second-order valence-corrected chi connectivity index (χ2v) is 12.2. The first kappa shape index (κ1) is 26.4. The molecule has 4 rings (SSSR count). The molecule has 2 aliphatic carbocycles. The summed E-state index contributed by atoms with van der Waals surface area (Å²) in [5, 5.41) is 9.14. The molecule has 3 N–H and O–H groups in total. The van der Waals surface area contributed by atoms with Gasteiger partial charge >= 0.3 is 0 Å². The van der Waals surface area contributed by atoms with E-state index in [0.29, 0.717) is 18.0 Å². The van der Waals surface area contributed by atoms with E-state index in [4.69, 9.17) is 15.8 Å². The lowest BCUT2D eigenvalue weighted by atomic mass is 9.60. The van der Waals surface area contributed by atoms with E-state index in [2.05, 4.69) is 61.8 Å². The highest BCUT2D eigenvalue weighted by Gasteiger charge is 2.39. The fourth-order valence-electron chi connectivity index (χ4n) is 6.46. The minimum absolute atomic E-state index is 0.253. The molecule has 35 heavy (non-hydrogen) atoms. The van der Waals surface area contributed by atoms with Gasteiger partial charge in [-0.1, -0.05) is 45.4 Å². The van der Waals surface area contributed by atoms with Gasteiger partial charge in [0.1, 0.15) is 5.82 Å². The highest BCUT2D eigenvalue weighted by Crippen LogP contribution is 2.53. The van der Waals surface area contributed by atoms with Gasteiger partial charge in [0.15, 0.2) is 0 Å². The molecular weight excluding hydrogens is 432 g/mol. The van der Waals surface area contributed by atoms with Crippen LogP contribution in [0.25, 0.3) is 5.57 Å². The van der Waals surface area contributed by atoms with Gasteiger partial charge in [0.2, 0.25) is 0 Å². The quantitative estimate of drug-likeness (QED) is 0.463. The van der Waals surface area contributed by atoms with E-state index in [-0.39, 0.29) is 12.0 Å². The van der Waals surface area contributed by atoms with Crippen molar-refractivity contribution in [2.24, 2.45) is 16.6 Å². The molecule has 0 bridgehead atoms. The molecule has 0 atom stereocenters. The SMILES string of the molecule is CC1(C)CCC(C)(C)C2=C1C=C(c1cccc(N3CCC(N(CCN)CCCCO)CC3)n1)CC2. The van der Waals surface area contributed by atoms with E-state index in [1.807, 2.05) is 0 Å². The highest BCUT2D eigenvalue weighted by molar-refractivity contribution is 5.70. The van der Waals surface area contributed by atoms with Crippen LogP contribution in [0.2, 0.25) is 0 Å². The normalized spacial score (nSPS) is 22.4. The number of hydrogen-bond donors (Lipinski definition) is 2. The van der Waals surface area contributed by atoms with Crippen LogP contribution in [0.5, 0.6) is 0 Å². The van der Waals surface area contributed by atoms with Crippen LogP contribution in [0.15, 0.2) is 35.4 Å². The first-order valence-electron chi connectivity index (χ1n) is 14.0. The molecule has 1 aromatic heterocycles. The molecule has 5 nitrogen and oxygen atoms in total. The summed E-state index contributed by atoms with van der Waals surface area (Å²) < 4.78 is 0. The summed E-state index contributed by atoms with van der Waals surface area (Å²) in [6.45, 7) is 14.7. The third kappa shape index (κ3) is 6.00. The Morgan fingerprint density at radius 3 is 2.49 bits per heavy atom. The molecule has 3 aliphatic rings. The minimum Gasteiger partial charge on any atom is -0.396 e. The number of nitrogens with zero attached hydrogens (tertiary/aromatic N) is 3. The van der Waals surface area contributed by atoms with Crippen molar-refractivity contribution < 1.29 is 5.11 Å². The fourth-order valence-corrected chi connectivity index (χ4v) is 6.46. The summed E-state index contributed by atoms with van der Waals surface area (Å²) in [7, 11) is 0. The lowest BCUT2D eigenvalue weighted by molar-refractivity contribution is 0.164. The maximum atomic E-state index is 9.14. The van der Waals surface area contributed by atoms with E-state index in [1.165, 1.54) is 24.8 Å². The van der Waals surface area contributed by atoms with Crippen molar-refractivity contribution in [3.05, 3.63) is 41.1 Å². The second-order valence-electron chi connectivity index (χ2n) is 12.2. The first-order chi connectivity index (χ1) is 16.7. The number of aliphatic hydroxyl groups is 1. The predicted molar refractivity (Wildman–Crippen MR) is 147 cm³/mol. The van der Waals surface area contributed by atoms with Crippen molar-refractivity contribution in [3.8, 4) is 0 Å². The topological polar surface area (TPSA) is 65.6 Å². The van der Waals surface area contributed by atoms with Crippen molar-refractivity contribution in [1.82, 2.24) is 9.88 Å². The molecule has 0 saturated carbocycles. The van der Waals surface area contributed by atoms with Gasteiger partial charge in [0, 0.05) is 38.8 Å². The van der Waals surface area contributed by atoms with E-state index < -0.39 is 0 Å². The Bertz CT molecular complexity index is 924. The zero-order valence-electron chi connectivity index (χ0n) is 22.7. The zero-order chi connectivity index (χ0) is 25.1. The molecule has 194 valence electrons. The number of piperidine rings is 1. The minimum atomic E-state index is 0.253. The second kappa shape index (κ2) is 11.1. The summed E-state index contributed by atoms with van der Waals surface area (Å²) in [6.07, 6.45) is 11.5. The van der Waals surface area contributed by atoms with Crippen LogP contribution in [0, 0.1) is 10.8 Å². The van der Waals surface area contributed by atoms with Gasteiger partial charge < -0.3 is 15.7 Å². The Hall–Kier alpha value is -1.69. The van der Waals surface area contributed by atoms with Crippen molar-refractivity contribution in [1.29, 1.82) is 0 Å². The molecule has 1 aliphatic heterocycles. The van der Waals surface area contributed by atoms with Gasteiger partial charge in [-0.3, -0.25) is 4.90 Å². The summed E-state index contributed by atoms with van der Waals surface area (Å²) >= 11 is 0. The van der Waals surface area contributed by atoms with Gasteiger partial charge in [0.25, 0.3) is 0 Å². The molecule has 1 saturated heterocycles. The van der Waals surface area contributed by atoms with Crippen LogP contribution >= 0.6 is 0 Å². The maximum absolute atomic E-state index is 9.14. The Kier molecular flexibility index (Phi) is 8.40. The summed E-state index contributed by atoms with van der Waals surface area (Å²) in [5.41, 5.74) is 12.3. The Morgan fingerprint density at radius 2 is 1.77 bits per heavy atom. The molecule has 1 fully saturated rings. The van der Waals surface area contributed by atoms with Gasteiger partial charge in [-0.05, 0) is 92.0 Å². The maximum Gasteiger partial charge on any atom is 0.129 e. The van der Waals surface area contributed by atoms with Crippen molar-refractivity contribution >= 4 is 11.4 Å². The van der Waals surface area contributed by atoms with Gasteiger partial charge in [-0.15, -0.1) is 0 Å². The Morgan fingerprint density at radius 1 is 1.03 bits per heavy atom. The number of allylic oxidation sites excluding steroid dienone is 4. The van der Waals surface area contributed by atoms with Crippen molar-refractivity contribution in [2.45, 2.75) is 85.1 Å². The Balaban J connectivity index is 1.46. The third-order valence-corrected chi connectivity index (χ3v) is 8.85. The van der Waals surface area contributed by atoms with Crippen molar-refractivity contribution in [3.63, 3.8) is 0 Å². The van der Waals surface area contributed by atoms with Crippen LogP contribution in [0.3, 0.4) is 0 Å². The van der Waals surface area contributed by atoms with E-state index in [0.717, 1.165) is 69.8 Å². The summed E-state index contributed by atoms with van der Waals surface area (Å²) in [6, 6.07) is 7.17. The average molecular weight is 481 g/mol. The van der Waals surface area contributed by atoms with Crippen LogP contribution in [0.1, 0.15) is 84.8 Å². The summed E-state index contributed by atoms with van der Waals surface area (Å²) in [5.74, 6) is 1.12. The molecule has 2 heterocycles. The Labute approximate surface area is 213 Å². The van der Waals surface area contributed by atoms with E-state index in [9.17, 15) is 0 Å². The molecule has 0 aromatic carbocycles. The largest absolute Gasteiger partial charge is 0.396 e. The average Bonchev–Trinajstić information content (AvgIpc) is 2.86. The molecular formula is C30H48N4O. The van der Waals surface area contributed by atoms with E-state index in [1.54, 1.807) is 11.1 Å². The molecule has 0 unspecified atom stereocenters.